The minimum absolute atomic E-state index is 0.0292. The number of pyridine rings is 1. The SMILES string of the molecule is Nc1ncc(-c2ccc(S(=O)(=O)NCC3CC3)nc2)nc1-c1ccc2c(c1)CCNC2=O. The number of carbonyl (C=O) groups is 1. The Morgan fingerprint density at radius 1 is 1.09 bits per heavy atom. The van der Waals surface area contributed by atoms with Crippen molar-refractivity contribution in [1.82, 2.24) is 25.0 Å². The maximum atomic E-state index is 12.4. The smallest absolute Gasteiger partial charge is 0.258 e. The molecule has 32 heavy (non-hydrogen) atoms. The maximum absolute atomic E-state index is 12.4. The lowest BCUT2D eigenvalue weighted by Crippen LogP contribution is -2.31. The molecule has 0 spiro atoms. The Morgan fingerprint density at radius 2 is 1.91 bits per heavy atom. The van der Waals surface area contributed by atoms with Gasteiger partial charge in [0, 0.05) is 36.0 Å². The van der Waals surface area contributed by atoms with Gasteiger partial charge in [-0.15, -0.1) is 0 Å². The van der Waals surface area contributed by atoms with Crippen LogP contribution in [-0.4, -0.2) is 42.4 Å². The summed E-state index contributed by atoms with van der Waals surface area (Å²) in [5.41, 5.74) is 10.1. The number of nitrogens with one attached hydrogen (secondary N) is 2. The number of sulfonamides is 1. The molecule has 0 saturated heterocycles. The second kappa shape index (κ2) is 7.95. The molecule has 5 rings (SSSR count). The van der Waals surface area contributed by atoms with Crippen LogP contribution in [-0.2, 0) is 16.4 Å². The summed E-state index contributed by atoms with van der Waals surface area (Å²) in [6.45, 7) is 1.04. The van der Waals surface area contributed by atoms with Gasteiger partial charge in [0.05, 0.1) is 11.9 Å². The summed E-state index contributed by atoms with van der Waals surface area (Å²) in [7, 11) is -3.64. The average Bonchev–Trinajstić information content (AvgIpc) is 3.63. The number of benzene rings is 1. The van der Waals surface area contributed by atoms with Gasteiger partial charge in [-0.2, -0.15) is 0 Å². The molecular formula is C22H22N6O3S. The van der Waals surface area contributed by atoms with Crippen LogP contribution in [0.3, 0.4) is 0 Å². The quantitative estimate of drug-likeness (QED) is 0.520. The van der Waals surface area contributed by atoms with Crippen molar-refractivity contribution in [2.75, 3.05) is 18.8 Å². The zero-order valence-electron chi connectivity index (χ0n) is 17.2. The lowest BCUT2D eigenvalue weighted by molar-refractivity contribution is 0.0946. The molecule has 1 fully saturated rings. The highest BCUT2D eigenvalue weighted by Crippen LogP contribution is 2.29. The van der Waals surface area contributed by atoms with Crippen LogP contribution in [0.4, 0.5) is 5.82 Å². The van der Waals surface area contributed by atoms with E-state index < -0.39 is 10.0 Å². The lowest BCUT2D eigenvalue weighted by Gasteiger charge is -2.17. The standard InChI is InChI=1S/C22H22N6O3S/c23-21-20(15-3-5-17-14(9-15)7-8-24-22(17)29)28-18(12-26-21)16-4-6-19(25-11-16)32(30,31)27-10-13-1-2-13/h3-6,9,11-13,27H,1-2,7-8,10H2,(H2,23,26)(H,24,29). The third-order valence-corrected chi connectivity index (χ3v) is 7.01. The summed E-state index contributed by atoms with van der Waals surface area (Å²) in [6.07, 6.45) is 5.85. The molecule has 1 aliphatic heterocycles. The molecule has 164 valence electrons. The van der Waals surface area contributed by atoms with Crippen LogP contribution in [0.15, 0.2) is 47.8 Å². The first-order valence-electron chi connectivity index (χ1n) is 10.4. The number of nitrogen functional groups attached to an aromatic ring is 1. The second-order valence-corrected chi connectivity index (χ2v) is 9.76. The third kappa shape index (κ3) is 4.06. The molecule has 3 aromatic rings. The van der Waals surface area contributed by atoms with Gasteiger partial charge in [0.1, 0.15) is 11.5 Å². The molecule has 1 aromatic carbocycles. The minimum Gasteiger partial charge on any atom is -0.382 e. The van der Waals surface area contributed by atoms with Gasteiger partial charge in [-0.3, -0.25) is 4.79 Å². The van der Waals surface area contributed by atoms with Crippen molar-refractivity contribution in [2.24, 2.45) is 5.92 Å². The number of aromatic nitrogens is 3. The molecule has 0 radical (unpaired) electrons. The monoisotopic (exact) mass is 450 g/mol. The molecule has 0 unspecified atom stereocenters. The first-order chi connectivity index (χ1) is 15.4. The van der Waals surface area contributed by atoms with Gasteiger partial charge in [0.15, 0.2) is 5.03 Å². The predicted octanol–water partition coefficient (Wildman–Crippen LogP) is 1.76. The summed E-state index contributed by atoms with van der Waals surface area (Å²) < 4.78 is 27.4. The average molecular weight is 451 g/mol. The van der Waals surface area contributed by atoms with E-state index in [2.05, 4.69) is 25.0 Å². The van der Waals surface area contributed by atoms with Crippen LogP contribution in [0.1, 0.15) is 28.8 Å². The molecule has 3 heterocycles. The van der Waals surface area contributed by atoms with Crippen LogP contribution >= 0.6 is 0 Å². The maximum Gasteiger partial charge on any atom is 0.258 e. The second-order valence-electron chi connectivity index (χ2n) is 8.05. The topological polar surface area (TPSA) is 140 Å². The van der Waals surface area contributed by atoms with Crippen molar-refractivity contribution in [3.63, 3.8) is 0 Å². The largest absolute Gasteiger partial charge is 0.382 e. The summed E-state index contributed by atoms with van der Waals surface area (Å²) in [4.78, 5) is 25.0. The molecule has 1 aliphatic carbocycles. The van der Waals surface area contributed by atoms with E-state index in [1.54, 1.807) is 18.2 Å². The molecule has 2 aliphatic rings. The van der Waals surface area contributed by atoms with Gasteiger partial charge < -0.3 is 11.1 Å². The highest BCUT2D eigenvalue weighted by Gasteiger charge is 2.25. The molecular weight excluding hydrogens is 428 g/mol. The number of rotatable bonds is 6. The number of anilines is 1. The van der Waals surface area contributed by atoms with Crippen LogP contribution in [0.2, 0.25) is 0 Å². The van der Waals surface area contributed by atoms with E-state index in [0.29, 0.717) is 41.5 Å². The number of amides is 1. The highest BCUT2D eigenvalue weighted by molar-refractivity contribution is 7.89. The zero-order chi connectivity index (χ0) is 22.3. The van der Waals surface area contributed by atoms with Gasteiger partial charge in [-0.25, -0.2) is 28.1 Å². The van der Waals surface area contributed by atoms with E-state index in [4.69, 9.17) is 5.73 Å². The van der Waals surface area contributed by atoms with E-state index in [1.807, 2.05) is 6.07 Å². The van der Waals surface area contributed by atoms with Gasteiger partial charge in [0.2, 0.25) is 0 Å². The van der Waals surface area contributed by atoms with Crippen LogP contribution in [0.5, 0.6) is 0 Å². The van der Waals surface area contributed by atoms with Crippen LogP contribution < -0.4 is 15.8 Å². The van der Waals surface area contributed by atoms with Crippen molar-refractivity contribution in [1.29, 1.82) is 0 Å². The van der Waals surface area contributed by atoms with Gasteiger partial charge in [0.25, 0.3) is 15.9 Å². The summed E-state index contributed by atoms with van der Waals surface area (Å²) in [6, 6.07) is 8.59. The van der Waals surface area contributed by atoms with E-state index in [1.165, 1.54) is 18.5 Å². The van der Waals surface area contributed by atoms with Gasteiger partial charge in [-0.05, 0) is 55.0 Å². The lowest BCUT2D eigenvalue weighted by atomic mass is 9.96. The Hall–Kier alpha value is -3.37. The van der Waals surface area contributed by atoms with E-state index in [0.717, 1.165) is 30.4 Å². The fourth-order valence-electron chi connectivity index (χ4n) is 3.64. The number of nitrogens with two attached hydrogens (primary N) is 1. The first-order valence-corrected chi connectivity index (χ1v) is 11.9. The van der Waals surface area contributed by atoms with E-state index >= 15 is 0 Å². The highest BCUT2D eigenvalue weighted by atomic mass is 32.2. The number of nitrogens with zero attached hydrogens (tertiary/aromatic N) is 3. The van der Waals surface area contributed by atoms with Gasteiger partial charge >= 0.3 is 0 Å². The molecule has 2 aromatic heterocycles. The Labute approximate surface area is 185 Å². The molecule has 0 bridgehead atoms. The summed E-state index contributed by atoms with van der Waals surface area (Å²) in [5.74, 6) is 0.620. The zero-order valence-corrected chi connectivity index (χ0v) is 18.0. The number of hydrogen-bond acceptors (Lipinski definition) is 7. The van der Waals surface area contributed by atoms with Gasteiger partial charge in [-0.1, -0.05) is 6.07 Å². The fraction of sp³-hybridized carbons (Fsp3) is 0.273. The summed E-state index contributed by atoms with van der Waals surface area (Å²) >= 11 is 0. The third-order valence-electron chi connectivity index (χ3n) is 5.67. The molecule has 0 atom stereocenters. The van der Waals surface area contributed by atoms with Crippen molar-refractivity contribution in [3.8, 4) is 22.5 Å². The summed E-state index contributed by atoms with van der Waals surface area (Å²) in [5, 5.41) is 2.80. The van der Waals surface area contributed by atoms with Crippen LogP contribution in [0, 0.1) is 5.92 Å². The molecule has 9 nitrogen and oxygen atoms in total. The van der Waals surface area contributed by atoms with Crippen molar-refractivity contribution in [2.45, 2.75) is 24.3 Å². The molecule has 1 saturated carbocycles. The van der Waals surface area contributed by atoms with E-state index in [9.17, 15) is 13.2 Å². The Kier molecular flexibility index (Phi) is 5.10. The first kappa shape index (κ1) is 20.5. The molecule has 10 heteroatoms. The Bertz CT molecular complexity index is 1300. The molecule has 4 N–H and O–H groups in total. The molecule has 1 amide bonds. The van der Waals surface area contributed by atoms with Crippen molar-refractivity contribution >= 4 is 21.7 Å². The Balaban J connectivity index is 1.43. The van der Waals surface area contributed by atoms with Crippen molar-refractivity contribution in [3.05, 3.63) is 53.9 Å². The van der Waals surface area contributed by atoms with E-state index in [-0.39, 0.29) is 16.8 Å². The fourth-order valence-corrected chi connectivity index (χ4v) is 4.68. The number of fused-ring (bicyclic) bond motifs is 1. The number of hydrogen-bond donors (Lipinski definition) is 3. The number of carbonyl (C=O) groups excluding carboxylic acids is 1. The Morgan fingerprint density at radius 3 is 2.66 bits per heavy atom. The minimum atomic E-state index is -3.64. The normalized spacial score (nSPS) is 15.8. The van der Waals surface area contributed by atoms with Crippen molar-refractivity contribution < 1.29 is 13.2 Å². The van der Waals surface area contributed by atoms with Crippen LogP contribution in [0.25, 0.3) is 22.5 Å². The predicted molar refractivity (Wildman–Crippen MR) is 119 cm³/mol.